The highest BCUT2D eigenvalue weighted by atomic mass is 32.2. The number of nitriles is 1. The van der Waals surface area contributed by atoms with Gasteiger partial charge in [-0.15, -0.1) is 0 Å². The normalized spacial score (nSPS) is 11.2. The van der Waals surface area contributed by atoms with Crippen LogP contribution in [0.3, 0.4) is 0 Å². The molecule has 0 fully saturated rings. The second kappa shape index (κ2) is 5.10. The molecule has 0 saturated heterocycles. The number of aromatic nitrogens is 2. The quantitative estimate of drug-likeness (QED) is 0.902. The van der Waals surface area contributed by atoms with E-state index in [9.17, 15) is 21.6 Å². The summed E-state index contributed by atoms with van der Waals surface area (Å²) in [7, 11) is -4.71. The molecule has 0 bridgehead atoms. The number of rotatable bonds is 3. The number of hydrogen-bond donors (Lipinski definition) is 2. The summed E-state index contributed by atoms with van der Waals surface area (Å²) in [5.74, 6) is -4.84. The van der Waals surface area contributed by atoms with Crippen LogP contribution in [0, 0.1) is 35.7 Å². The molecule has 10 heteroatoms. The fraction of sp³-hybridized carbons (Fsp3) is 0.0909. The minimum atomic E-state index is -4.71. The predicted molar refractivity (Wildman–Crippen MR) is 65.2 cm³/mol. The topological polar surface area (TPSA) is 98.6 Å². The van der Waals surface area contributed by atoms with E-state index >= 15 is 0 Å². The number of nitrogens with zero attached hydrogens (tertiary/aromatic N) is 2. The van der Waals surface area contributed by atoms with Gasteiger partial charge in [-0.05, 0) is 6.92 Å². The molecule has 0 amide bonds. The molecular formula is C11H7F3N4O2S. The highest BCUT2D eigenvalue weighted by Gasteiger charge is 2.27. The van der Waals surface area contributed by atoms with Gasteiger partial charge >= 0.3 is 0 Å². The van der Waals surface area contributed by atoms with Crippen molar-refractivity contribution >= 4 is 15.8 Å². The third kappa shape index (κ3) is 2.68. The number of aromatic amines is 1. The number of halogens is 3. The van der Waals surface area contributed by atoms with E-state index in [1.807, 2.05) is 0 Å². The Morgan fingerprint density at radius 1 is 1.29 bits per heavy atom. The molecule has 0 saturated carbocycles. The average molecular weight is 316 g/mol. The molecule has 0 aliphatic rings. The van der Waals surface area contributed by atoms with Gasteiger partial charge in [0.25, 0.3) is 10.0 Å². The third-order valence-electron chi connectivity index (χ3n) is 2.52. The molecule has 2 N–H and O–H groups in total. The van der Waals surface area contributed by atoms with Gasteiger partial charge in [-0.3, -0.25) is 9.82 Å². The van der Waals surface area contributed by atoms with Crippen molar-refractivity contribution in [1.82, 2.24) is 10.2 Å². The van der Waals surface area contributed by atoms with Gasteiger partial charge in [0.15, 0.2) is 10.7 Å². The predicted octanol–water partition coefficient (Wildman–Crippen LogP) is 1.81. The Bertz CT molecular complexity index is 832. The first-order chi connectivity index (χ1) is 9.76. The highest BCUT2D eigenvalue weighted by Crippen LogP contribution is 2.24. The Morgan fingerprint density at radius 3 is 2.38 bits per heavy atom. The van der Waals surface area contributed by atoms with Crippen molar-refractivity contribution in [2.45, 2.75) is 11.8 Å². The summed E-state index contributed by atoms with van der Waals surface area (Å²) in [6.45, 7) is 1.46. The fourth-order valence-electron chi connectivity index (χ4n) is 1.60. The molecule has 110 valence electrons. The van der Waals surface area contributed by atoms with Crippen molar-refractivity contribution in [3.63, 3.8) is 0 Å². The van der Waals surface area contributed by atoms with Crippen molar-refractivity contribution in [1.29, 1.82) is 5.26 Å². The summed E-state index contributed by atoms with van der Waals surface area (Å²) in [6.07, 6.45) is 0. The first kappa shape index (κ1) is 14.9. The van der Waals surface area contributed by atoms with Gasteiger partial charge in [0.05, 0.1) is 5.69 Å². The largest absolute Gasteiger partial charge is 0.279 e. The van der Waals surface area contributed by atoms with Gasteiger partial charge in [-0.1, -0.05) is 0 Å². The van der Waals surface area contributed by atoms with Crippen molar-refractivity contribution in [2.75, 3.05) is 4.72 Å². The Balaban J connectivity index is 2.52. The lowest BCUT2D eigenvalue weighted by molar-refractivity contribution is 0.498. The minimum Gasteiger partial charge on any atom is -0.279 e. The van der Waals surface area contributed by atoms with Crippen LogP contribution in [0.4, 0.5) is 19.0 Å². The zero-order valence-electron chi connectivity index (χ0n) is 10.4. The number of nitrogens with one attached hydrogen (secondary N) is 2. The van der Waals surface area contributed by atoms with Crippen LogP contribution in [-0.2, 0) is 10.0 Å². The maximum absolute atomic E-state index is 13.5. The summed E-state index contributed by atoms with van der Waals surface area (Å²) in [5.41, 5.74) is 0.150. The van der Waals surface area contributed by atoms with Gasteiger partial charge in [-0.25, -0.2) is 21.6 Å². The highest BCUT2D eigenvalue weighted by molar-refractivity contribution is 7.92. The Kier molecular flexibility index (Phi) is 3.61. The summed E-state index contributed by atoms with van der Waals surface area (Å²) in [4.78, 5) is -1.35. The molecule has 0 aliphatic carbocycles. The standard InChI is InChI=1S/C11H7F3N4O2S/c1-5-7(4-15)11(17-16-5)18-21(19,20)10-8(13)2-6(12)3-9(10)14/h2-3H,1H3,(H2,16,17,18). The van der Waals surface area contributed by atoms with Crippen LogP contribution in [0.1, 0.15) is 11.3 Å². The van der Waals surface area contributed by atoms with E-state index in [1.54, 1.807) is 10.8 Å². The minimum absolute atomic E-state index is 0.124. The van der Waals surface area contributed by atoms with Crippen LogP contribution in [0.15, 0.2) is 17.0 Å². The molecule has 0 aliphatic heterocycles. The summed E-state index contributed by atoms with van der Waals surface area (Å²) < 4.78 is 65.5. The molecule has 0 radical (unpaired) electrons. The first-order valence-corrected chi connectivity index (χ1v) is 6.87. The van der Waals surface area contributed by atoms with E-state index < -0.39 is 38.2 Å². The van der Waals surface area contributed by atoms with E-state index in [0.717, 1.165) is 0 Å². The van der Waals surface area contributed by atoms with Gasteiger partial charge < -0.3 is 0 Å². The van der Waals surface area contributed by atoms with E-state index in [4.69, 9.17) is 5.26 Å². The molecule has 21 heavy (non-hydrogen) atoms. The van der Waals surface area contributed by atoms with E-state index in [1.165, 1.54) is 6.92 Å². The van der Waals surface area contributed by atoms with Gasteiger partial charge in [0.1, 0.15) is 29.1 Å². The van der Waals surface area contributed by atoms with E-state index in [2.05, 4.69) is 10.2 Å². The van der Waals surface area contributed by atoms with Crippen molar-refractivity contribution < 1.29 is 21.6 Å². The fourth-order valence-corrected chi connectivity index (χ4v) is 2.74. The zero-order chi connectivity index (χ0) is 15.8. The number of sulfonamides is 1. The smallest absolute Gasteiger partial charge is 0.269 e. The molecule has 2 rings (SSSR count). The van der Waals surface area contributed by atoms with Gasteiger partial charge in [-0.2, -0.15) is 10.4 Å². The lowest BCUT2D eigenvalue weighted by Crippen LogP contribution is -2.17. The van der Waals surface area contributed by atoms with Crippen LogP contribution in [-0.4, -0.2) is 18.6 Å². The lowest BCUT2D eigenvalue weighted by atomic mass is 10.3. The summed E-state index contributed by atoms with van der Waals surface area (Å²) in [5, 5.41) is 14.7. The molecule has 2 aromatic rings. The molecular weight excluding hydrogens is 309 g/mol. The second-order valence-corrected chi connectivity index (χ2v) is 5.61. The molecule has 0 unspecified atom stereocenters. The number of aryl methyl sites for hydroxylation is 1. The Morgan fingerprint density at radius 2 is 1.86 bits per heavy atom. The SMILES string of the molecule is Cc1[nH]nc(NS(=O)(=O)c2c(F)cc(F)cc2F)c1C#N. The number of anilines is 1. The summed E-state index contributed by atoms with van der Waals surface area (Å²) >= 11 is 0. The molecule has 1 heterocycles. The first-order valence-electron chi connectivity index (χ1n) is 5.38. The number of H-pyrrole nitrogens is 1. The zero-order valence-corrected chi connectivity index (χ0v) is 11.2. The third-order valence-corrected chi connectivity index (χ3v) is 3.91. The van der Waals surface area contributed by atoms with Crippen molar-refractivity contribution in [3.8, 4) is 6.07 Å². The van der Waals surface area contributed by atoms with Crippen LogP contribution in [0.25, 0.3) is 0 Å². The number of benzene rings is 1. The van der Waals surface area contributed by atoms with E-state index in [-0.39, 0.29) is 23.4 Å². The lowest BCUT2D eigenvalue weighted by Gasteiger charge is -2.08. The second-order valence-electron chi connectivity index (χ2n) is 3.99. The molecule has 0 atom stereocenters. The average Bonchev–Trinajstić information content (AvgIpc) is 2.67. The van der Waals surface area contributed by atoms with Crippen LogP contribution in [0.2, 0.25) is 0 Å². The van der Waals surface area contributed by atoms with Crippen LogP contribution in [0.5, 0.6) is 0 Å². The Labute approximate surface area is 117 Å². The number of hydrogen-bond acceptors (Lipinski definition) is 4. The Hall–Kier alpha value is -2.54. The monoisotopic (exact) mass is 316 g/mol. The van der Waals surface area contributed by atoms with E-state index in [0.29, 0.717) is 0 Å². The van der Waals surface area contributed by atoms with Gasteiger partial charge in [0, 0.05) is 12.1 Å². The van der Waals surface area contributed by atoms with Crippen molar-refractivity contribution in [2.24, 2.45) is 0 Å². The summed E-state index contributed by atoms with van der Waals surface area (Å²) in [6, 6.07) is 2.16. The maximum atomic E-state index is 13.5. The molecule has 1 aromatic heterocycles. The van der Waals surface area contributed by atoms with Crippen LogP contribution < -0.4 is 4.72 Å². The molecule has 6 nitrogen and oxygen atoms in total. The molecule has 1 aromatic carbocycles. The van der Waals surface area contributed by atoms with Crippen LogP contribution >= 0.6 is 0 Å². The van der Waals surface area contributed by atoms with Crippen molar-refractivity contribution in [3.05, 3.63) is 40.8 Å². The molecule has 0 spiro atoms. The maximum Gasteiger partial charge on any atom is 0.269 e. The van der Waals surface area contributed by atoms with Gasteiger partial charge in [0.2, 0.25) is 0 Å².